The Bertz CT molecular complexity index is 2680. The number of hydrogen-bond acceptors (Lipinski definition) is 36. The minimum atomic E-state index is -5.17. The summed E-state index contributed by atoms with van der Waals surface area (Å²) in [5.41, 5.74) is 39.4. The van der Waals surface area contributed by atoms with E-state index in [9.17, 15) is 81.1 Å². The molecule has 2 aliphatic carbocycles. The Hall–Kier alpha value is -4.93. The van der Waals surface area contributed by atoms with Gasteiger partial charge in [0, 0.05) is 31.2 Å². The summed E-state index contributed by atoms with van der Waals surface area (Å²) in [5.74, 6) is -1.50. The van der Waals surface area contributed by atoms with Gasteiger partial charge in [0.2, 0.25) is 12.6 Å². The number of ether oxygens (including phenoxy) is 8. The Balaban J connectivity index is 0.000000531. The van der Waals surface area contributed by atoms with Crippen LogP contribution in [0.2, 0.25) is 0 Å². The Morgan fingerprint density at radius 3 is 0.905 bits per heavy atom. The standard InChI is InChI=1S/2C21H39N7O12.3H2O4S/c2*1-5-21(36,4-30)16(40-17-9(26-2)13(34)10(31)6(3-29)38-17)18(37-5)39-15-8(28-20(24)25)11(32)7(27-19(22)23)12(33)14(15)35;3*1-5(2,3)4/h2*4-18,26,29,31-36H,3H2,1-2H3,(H4,22,23,27)(H4,24,25,28);3*(H2,1,2,3,4). The maximum atomic E-state index is 12.1. The first-order valence-electron chi connectivity index (χ1n) is 27.2. The molecule has 0 aromatic carbocycles. The summed E-state index contributed by atoms with van der Waals surface area (Å²) in [5, 5.41) is 151. The smallest absolute Gasteiger partial charge is 0.339 e. The molecule has 53 heteroatoms. The van der Waals surface area contributed by atoms with Crippen molar-refractivity contribution in [3.63, 3.8) is 0 Å². The predicted molar refractivity (Wildman–Crippen MR) is 289 cm³/mol. The summed E-state index contributed by atoms with van der Waals surface area (Å²) in [4.78, 5) is 34.1. The fourth-order valence-corrected chi connectivity index (χ4v) is 10.6. The van der Waals surface area contributed by atoms with E-state index in [1.54, 1.807) is 14.1 Å². The number of hydrogen-bond donors (Lipinski definition) is 28. The number of aliphatic hydroxyl groups excluding tert-OH is 12. The van der Waals surface area contributed by atoms with E-state index < -0.39 is 227 Å². The lowest BCUT2D eigenvalue weighted by atomic mass is 9.81. The third kappa shape index (κ3) is 23.6. The Labute approximate surface area is 537 Å². The van der Waals surface area contributed by atoms with Crippen LogP contribution in [0.1, 0.15) is 13.8 Å². The zero-order chi connectivity index (χ0) is 73.7. The van der Waals surface area contributed by atoms with E-state index in [2.05, 4.69) is 20.0 Å². The lowest BCUT2D eigenvalue weighted by Gasteiger charge is -2.44. The molecule has 6 rings (SSSR count). The van der Waals surface area contributed by atoms with Crippen LogP contribution in [0.25, 0.3) is 0 Å². The van der Waals surface area contributed by atoms with Gasteiger partial charge in [0.1, 0.15) is 122 Å². The number of nitrogens with two attached hydrogens (primary N) is 10. The number of aldehydes is 2. The number of rotatable bonds is 18. The number of carbonyl (C=O) groups excluding carboxylic acids is 2. The second kappa shape index (κ2) is 35.7. The highest BCUT2D eigenvalue weighted by Gasteiger charge is 2.64. The average molecular weight is 1460 g/mol. The van der Waals surface area contributed by atoms with Crippen LogP contribution in [0, 0.1) is 0 Å². The van der Waals surface area contributed by atoms with Crippen LogP contribution in [0.5, 0.6) is 0 Å². The summed E-state index contributed by atoms with van der Waals surface area (Å²) in [6.45, 7) is 1.32. The van der Waals surface area contributed by atoms with Gasteiger partial charge < -0.3 is 147 Å². The first-order chi connectivity index (χ1) is 43.4. The first kappa shape index (κ1) is 86.2. The van der Waals surface area contributed by atoms with E-state index in [0.717, 1.165) is 0 Å². The van der Waals surface area contributed by atoms with E-state index in [0.29, 0.717) is 0 Å². The molecule has 30 unspecified atom stereocenters. The number of carbonyl (C=O) groups is 2. The molecule has 4 saturated heterocycles. The third-order valence-electron chi connectivity index (χ3n) is 15.2. The van der Waals surface area contributed by atoms with Crippen molar-refractivity contribution in [3.05, 3.63) is 0 Å². The second-order valence-corrected chi connectivity index (χ2v) is 24.0. The van der Waals surface area contributed by atoms with Gasteiger partial charge in [-0.15, -0.1) is 0 Å². The number of aliphatic hydroxyl groups is 14. The Morgan fingerprint density at radius 1 is 0.432 bits per heavy atom. The fraction of sp³-hybridized carbons (Fsp3) is 0.857. The molecule has 30 atom stereocenters. The number of nitrogens with one attached hydrogen (secondary N) is 4. The van der Waals surface area contributed by atoms with E-state index >= 15 is 0 Å². The van der Waals surface area contributed by atoms with Crippen LogP contribution in [-0.2, 0) is 78.7 Å². The maximum absolute atomic E-state index is 12.1. The highest BCUT2D eigenvalue weighted by atomic mass is 32.3. The largest absolute Gasteiger partial charge is 0.759 e. The SMILES string of the molecule is C[NH2+]C1C(OC2C(OC3C(O)C(O)C([NH+]=C(N)N)C(O)C3[NH+]=C(N)N)OC(C)C2(O)C=O)OC(CO)C(O)C1O.C[NH2+]C1C(OC2C(OC3C(O)C(O)C([NH+]=C(N)N)C(O)C3[NH+]=C(N)N)OC(C)C2(O)C=O)OC(CO)C(O)C1O.O=S(=O)([O-])[O-].O=S(=O)([O-])[O-].O=S(=O)([O-])[O-]. The molecule has 6 aliphatic rings. The lowest BCUT2D eigenvalue weighted by Crippen LogP contribution is -2.99. The number of likely N-dealkylation sites (N-methyl/N-ethyl adjacent to an activating group) is 2. The van der Waals surface area contributed by atoms with E-state index in [4.69, 9.17) is 136 Å². The molecular formula is C42H84N14O36S3. The maximum Gasteiger partial charge on any atom is 0.339 e. The lowest BCUT2D eigenvalue weighted by molar-refractivity contribution is -0.696. The molecular weight excluding hydrogens is 1370 g/mol. The zero-order valence-corrected chi connectivity index (χ0v) is 52.4. The topological polar surface area (TPSA) is 929 Å². The molecule has 4 aliphatic heterocycles. The van der Waals surface area contributed by atoms with Gasteiger partial charge in [-0.2, -0.15) is 0 Å². The normalized spacial score (nSPS) is 41.8. The van der Waals surface area contributed by atoms with Crippen LogP contribution in [0.15, 0.2) is 0 Å². The molecule has 0 bridgehead atoms. The molecule has 556 valence electrons. The molecule has 4 heterocycles. The summed E-state index contributed by atoms with van der Waals surface area (Å²) in [7, 11) is -12.4. The Morgan fingerprint density at radius 2 is 0.684 bits per heavy atom. The molecule has 2 saturated carbocycles. The van der Waals surface area contributed by atoms with Crippen LogP contribution in [0.3, 0.4) is 0 Å². The molecule has 0 spiro atoms. The average Bonchev–Trinajstić information content (AvgIpc) is 1.68. The minimum Gasteiger partial charge on any atom is -0.759 e. The van der Waals surface area contributed by atoms with Gasteiger partial charge in [0.25, 0.3) is 0 Å². The first-order valence-corrected chi connectivity index (χ1v) is 31.2. The summed E-state index contributed by atoms with van der Waals surface area (Å²) in [6, 6.07) is -7.25. The van der Waals surface area contributed by atoms with Gasteiger partial charge in [0.15, 0.2) is 48.4 Å². The van der Waals surface area contributed by atoms with E-state index in [1.165, 1.54) is 24.5 Å². The summed E-state index contributed by atoms with van der Waals surface area (Å²) >= 11 is 0. The van der Waals surface area contributed by atoms with Crippen molar-refractivity contribution in [3.8, 4) is 0 Å². The molecule has 95 heavy (non-hydrogen) atoms. The van der Waals surface area contributed by atoms with Crippen LogP contribution in [-0.4, -0.2) is 370 Å². The van der Waals surface area contributed by atoms with Crippen molar-refractivity contribution in [2.45, 2.75) is 196 Å². The molecule has 0 amide bonds. The summed E-state index contributed by atoms with van der Waals surface area (Å²) in [6.07, 6.45) is -33.3. The van der Waals surface area contributed by atoms with E-state index in [1.807, 2.05) is 0 Å². The molecule has 0 radical (unpaired) electrons. The van der Waals surface area contributed by atoms with Crippen molar-refractivity contribution >= 4 is 67.6 Å². The van der Waals surface area contributed by atoms with Gasteiger partial charge in [-0.1, -0.05) is 0 Å². The predicted octanol–water partition coefficient (Wildman–Crippen LogP) is -30.1. The highest BCUT2D eigenvalue weighted by molar-refractivity contribution is 7.80. The van der Waals surface area contributed by atoms with Gasteiger partial charge in [0.05, 0.1) is 39.5 Å². The van der Waals surface area contributed by atoms with Crippen molar-refractivity contribution in [2.75, 3.05) is 27.3 Å². The van der Waals surface area contributed by atoms with Crippen LogP contribution >= 0.6 is 0 Å². The highest BCUT2D eigenvalue weighted by Crippen LogP contribution is 2.39. The van der Waals surface area contributed by atoms with E-state index in [-0.39, 0.29) is 36.4 Å². The quantitative estimate of drug-likeness (QED) is 0.0199. The molecule has 0 aromatic rings. The van der Waals surface area contributed by atoms with Crippen molar-refractivity contribution < 1.29 is 202 Å². The Kier molecular flexibility index (Phi) is 32.4. The zero-order valence-electron chi connectivity index (χ0n) is 50.0. The third-order valence-corrected chi connectivity index (χ3v) is 15.2. The van der Waals surface area contributed by atoms with Gasteiger partial charge in [-0.3, -0.25) is 101 Å². The molecule has 0 aromatic heterocycles. The van der Waals surface area contributed by atoms with Crippen LogP contribution < -0.4 is 76.5 Å². The van der Waals surface area contributed by atoms with Crippen LogP contribution in [0.4, 0.5) is 0 Å². The number of quaternary nitrogens is 2. The molecule has 38 N–H and O–H groups in total. The molecule has 6 fully saturated rings. The van der Waals surface area contributed by atoms with Crippen molar-refractivity contribution in [1.82, 2.24) is 0 Å². The molecule has 50 nitrogen and oxygen atoms in total. The number of guanidine groups is 4. The van der Waals surface area contributed by atoms with Gasteiger partial charge >= 0.3 is 23.8 Å². The summed E-state index contributed by atoms with van der Waals surface area (Å²) < 4.78 is 148. The van der Waals surface area contributed by atoms with Gasteiger partial charge in [-0.05, 0) is 13.8 Å². The van der Waals surface area contributed by atoms with Gasteiger partial charge in [-0.25, -0.2) is 0 Å². The van der Waals surface area contributed by atoms with Crippen molar-refractivity contribution in [2.24, 2.45) is 45.9 Å². The minimum absolute atomic E-state index is 0.163. The second-order valence-electron chi connectivity index (χ2n) is 21.5. The monoisotopic (exact) mass is 1460 g/mol. The van der Waals surface area contributed by atoms with Crippen molar-refractivity contribution in [1.29, 1.82) is 0 Å². The fourth-order valence-electron chi connectivity index (χ4n) is 10.6.